The van der Waals surface area contributed by atoms with Gasteiger partial charge in [-0.1, -0.05) is 69.7 Å². The van der Waals surface area contributed by atoms with Crippen molar-refractivity contribution in [2.45, 2.75) is 65.6 Å². The Morgan fingerprint density at radius 1 is 0.879 bits per heavy atom. The third-order valence-corrected chi connectivity index (χ3v) is 5.19. The molecule has 0 aliphatic rings. The summed E-state index contributed by atoms with van der Waals surface area (Å²) in [5, 5.41) is 0. The van der Waals surface area contributed by atoms with Crippen molar-refractivity contribution in [2.24, 2.45) is 0 Å². The summed E-state index contributed by atoms with van der Waals surface area (Å²) in [6.45, 7) is 10.2. The molecule has 2 rings (SSSR count). The van der Waals surface area contributed by atoms with E-state index in [2.05, 4.69) is 37.6 Å². The number of quaternary nitrogens is 1. The number of hydrogen-bond donors (Lipinski definition) is 0. The first kappa shape index (κ1) is 31.3. The summed E-state index contributed by atoms with van der Waals surface area (Å²) >= 11 is 4.64. The lowest BCUT2D eigenvalue weighted by Crippen LogP contribution is -2.45. The van der Waals surface area contributed by atoms with Gasteiger partial charge >= 0.3 is 12.1 Å². The van der Waals surface area contributed by atoms with E-state index >= 15 is 0 Å². The van der Waals surface area contributed by atoms with E-state index in [-0.39, 0.29) is 11.0 Å². The molecule has 33 heavy (non-hydrogen) atoms. The SMILES string of the molecule is CC.CCl.Cc1ccc(-c2ccc(C(C)C)cc2)c(C[N+](C)(C)CCC(F)(F)C(F)(F)F)c1. The van der Waals surface area contributed by atoms with Crippen LogP contribution in [0.25, 0.3) is 11.1 Å². The average Bonchev–Trinajstić information content (AvgIpc) is 2.74. The maximum Gasteiger partial charge on any atom is 0.453 e. The first-order chi connectivity index (χ1) is 15.2. The average molecular weight is 495 g/mol. The molecule has 2 aromatic rings. The summed E-state index contributed by atoms with van der Waals surface area (Å²) in [5.41, 5.74) is 5.14. The Labute approximate surface area is 201 Å². The van der Waals surface area contributed by atoms with Crippen LogP contribution in [0.5, 0.6) is 0 Å². The number of nitrogens with zero attached hydrogens (tertiary/aromatic N) is 1. The fraction of sp³-hybridized carbons (Fsp3) is 0.538. The number of aryl methyl sites for hydroxylation is 1. The van der Waals surface area contributed by atoms with Gasteiger partial charge in [0.15, 0.2) is 0 Å². The smallest absolute Gasteiger partial charge is 0.325 e. The normalized spacial score (nSPS) is 12.0. The molecule has 0 aromatic heterocycles. The largest absolute Gasteiger partial charge is 0.453 e. The zero-order chi connectivity index (χ0) is 26.0. The molecular weight excluding hydrogens is 457 g/mol. The minimum absolute atomic E-state index is 0.0339. The van der Waals surface area contributed by atoms with E-state index in [4.69, 9.17) is 0 Å². The monoisotopic (exact) mass is 494 g/mol. The van der Waals surface area contributed by atoms with Crippen LogP contribution in [0.3, 0.4) is 0 Å². The second-order valence-corrected chi connectivity index (χ2v) is 8.71. The first-order valence-corrected chi connectivity index (χ1v) is 11.8. The van der Waals surface area contributed by atoms with Crippen LogP contribution >= 0.6 is 11.6 Å². The van der Waals surface area contributed by atoms with Crippen molar-refractivity contribution >= 4 is 11.6 Å². The summed E-state index contributed by atoms with van der Waals surface area (Å²) in [5.74, 6) is -4.27. The van der Waals surface area contributed by atoms with Crippen molar-refractivity contribution in [3.8, 4) is 11.1 Å². The van der Waals surface area contributed by atoms with Gasteiger partial charge in [0.1, 0.15) is 6.54 Å². The molecule has 0 N–H and O–H groups in total. The van der Waals surface area contributed by atoms with Crippen LogP contribution in [0.1, 0.15) is 56.7 Å². The summed E-state index contributed by atoms with van der Waals surface area (Å²) < 4.78 is 64.3. The van der Waals surface area contributed by atoms with Crippen LogP contribution in [0.2, 0.25) is 0 Å². The maximum absolute atomic E-state index is 13.4. The van der Waals surface area contributed by atoms with Crippen molar-refractivity contribution in [1.29, 1.82) is 0 Å². The lowest BCUT2D eigenvalue weighted by atomic mass is 9.94. The zero-order valence-electron chi connectivity index (χ0n) is 21.0. The van der Waals surface area contributed by atoms with Crippen molar-refractivity contribution in [2.75, 3.05) is 27.0 Å². The molecule has 0 bridgehead atoms. The Balaban J connectivity index is 0.00000242. The first-order valence-electron chi connectivity index (χ1n) is 11.1. The van der Waals surface area contributed by atoms with Crippen LogP contribution in [0, 0.1) is 6.92 Å². The number of benzene rings is 2. The highest BCUT2D eigenvalue weighted by atomic mass is 35.5. The summed E-state index contributed by atoms with van der Waals surface area (Å²) in [6.07, 6.45) is -5.27. The Morgan fingerprint density at radius 3 is 1.85 bits per heavy atom. The third-order valence-electron chi connectivity index (χ3n) is 5.19. The van der Waals surface area contributed by atoms with Crippen molar-refractivity contribution < 1.29 is 26.4 Å². The lowest BCUT2D eigenvalue weighted by molar-refractivity contribution is -0.904. The van der Waals surface area contributed by atoms with Crippen molar-refractivity contribution in [1.82, 2.24) is 0 Å². The topological polar surface area (TPSA) is 0 Å². The van der Waals surface area contributed by atoms with E-state index in [1.165, 1.54) is 11.9 Å². The number of halogens is 6. The van der Waals surface area contributed by atoms with Crippen molar-refractivity contribution in [3.05, 3.63) is 59.2 Å². The summed E-state index contributed by atoms with van der Waals surface area (Å²) in [7, 11) is 3.36. The van der Waals surface area contributed by atoms with Gasteiger partial charge in [-0.25, -0.2) is 0 Å². The number of alkyl halides is 6. The Kier molecular flexibility index (Phi) is 12.6. The molecule has 0 unspecified atom stereocenters. The van der Waals surface area contributed by atoms with Crippen LogP contribution in [-0.2, 0) is 6.54 Å². The minimum atomic E-state index is -5.51. The Bertz CT molecular complexity index is 828. The van der Waals surface area contributed by atoms with Crippen LogP contribution in [-0.4, -0.2) is 43.6 Å². The summed E-state index contributed by atoms with van der Waals surface area (Å²) in [6, 6.07) is 14.1. The number of rotatable bonds is 7. The maximum atomic E-state index is 13.4. The number of hydrogen-bond acceptors (Lipinski definition) is 0. The minimum Gasteiger partial charge on any atom is -0.325 e. The molecule has 0 radical (unpaired) electrons. The van der Waals surface area contributed by atoms with Crippen LogP contribution < -0.4 is 0 Å². The van der Waals surface area contributed by atoms with Gasteiger partial charge in [-0.3, -0.25) is 0 Å². The van der Waals surface area contributed by atoms with Crippen molar-refractivity contribution in [3.63, 3.8) is 0 Å². The molecule has 0 aliphatic heterocycles. The van der Waals surface area contributed by atoms with E-state index < -0.39 is 18.5 Å². The predicted molar refractivity (Wildman–Crippen MR) is 130 cm³/mol. The quantitative estimate of drug-likeness (QED) is 0.205. The molecule has 7 heteroatoms. The molecule has 0 saturated heterocycles. The standard InChI is InChI=1S/C23H29F5N.C2H6.CH3Cl/c1-16(2)18-7-9-19(10-8-18)21-11-6-17(3)14-20(21)15-29(4,5)13-12-22(24,25)23(26,27)28;2*1-2/h6-11,14,16H,12-13,15H2,1-5H3;1-2H3;1H3/q+1;;. The molecule has 0 heterocycles. The van der Waals surface area contributed by atoms with Gasteiger partial charge in [0.2, 0.25) is 0 Å². The molecule has 0 aliphatic carbocycles. The highest BCUT2D eigenvalue weighted by Crippen LogP contribution is 2.38. The molecule has 0 amide bonds. The molecule has 188 valence electrons. The second-order valence-electron chi connectivity index (χ2n) is 8.71. The van der Waals surface area contributed by atoms with E-state index in [0.29, 0.717) is 12.5 Å². The highest BCUT2D eigenvalue weighted by molar-refractivity contribution is 6.15. The zero-order valence-corrected chi connectivity index (χ0v) is 21.7. The van der Waals surface area contributed by atoms with Crippen LogP contribution in [0.15, 0.2) is 42.5 Å². The Hall–Kier alpha value is -1.66. The fourth-order valence-electron chi connectivity index (χ4n) is 3.31. The predicted octanol–water partition coefficient (Wildman–Crippen LogP) is 8.83. The highest BCUT2D eigenvalue weighted by Gasteiger charge is 2.57. The van der Waals surface area contributed by atoms with Gasteiger partial charge in [-0.05, 0) is 35.6 Å². The molecule has 2 aromatic carbocycles. The van der Waals surface area contributed by atoms with Gasteiger partial charge in [0.25, 0.3) is 0 Å². The van der Waals surface area contributed by atoms with Gasteiger partial charge < -0.3 is 4.48 Å². The Morgan fingerprint density at radius 2 is 1.39 bits per heavy atom. The molecule has 1 nitrogen and oxygen atoms in total. The van der Waals surface area contributed by atoms with E-state index in [1.54, 1.807) is 14.1 Å². The van der Waals surface area contributed by atoms with Gasteiger partial charge in [0, 0.05) is 11.9 Å². The molecule has 0 fully saturated rings. The third kappa shape index (κ3) is 9.62. The fourth-order valence-corrected chi connectivity index (χ4v) is 3.31. The van der Waals surface area contributed by atoms with Gasteiger partial charge in [0.05, 0.1) is 27.1 Å². The molecule has 0 atom stereocenters. The van der Waals surface area contributed by atoms with Gasteiger partial charge in [-0.15, -0.1) is 11.6 Å². The van der Waals surface area contributed by atoms with E-state index in [9.17, 15) is 22.0 Å². The van der Waals surface area contributed by atoms with Crippen LogP contribution in [0.4, 0.5) is 22.0 Å². The van der Waals surface area contributed by atoms with Gasteiger partial charge in [-0.2, -0.15) is 22.0 Å². The summed E-state index contributed by atoms with van der Waals surface area (Å²) in [4.78, 5) is 0. The molecular formula is C26H38ClF5N+. The second kappa shape index (κ2) is 13.3. The van der Waals surface area contributed by atoms with E-state index in [0.717, 1.165) is 22.3 Å². The molecule has 0 spiro atoms. The molecule has 0 saturated carbocycles. The van der Waals surface area contributed by atoms with E-state index in [1.807, 2.05) is 51.1 Å². The lowest BCUT2D eigenvalue weighted by Gasteiger charge is -2.32.